The van der Waals surface area contributed by atoms with E-state index in [0.29, 0.717) is 15.6 Å². The van der Waals surface area contributed by atoms with Crippen LogP contribution in [0.2, 0.25) is 10.0 Å². The second-order valence-corrected chi connectivity index (χ2v) is 7.74. The second kappa shape index (κ2) is 10.1. The highest BCUT2D eigenvalue weighted by atomic mass is 35.5. The van der Waals surface area contributed by atoms with Crippen LogP contribution in [0.25, 0.3) is 0 Å². The molecule has 0 bridgehead atoms. The molecule has 1 heterocycles. The fraction of sp³-hybridized carbons (Fsp3) is 0.350. The van der Waals surface area contributed by atoms with Crippen LogP contribution in [0, 0.1) is 0 Å². The van der Waals surface area contributed by atoms with E-state index in [1.807, 2.05) is 0 Å². The Morgan fingerprint density at radius 1 is 1.10 bits per heavy atom. The van der Waals surface area contributed by atoms with Crippen LogP contribution in [0.1, 0.15) is 28.9 Å². The zero-order chi connectivity index (χ0) is 21.2. The average Bonchev–Trinajstić information content (AvgIpc) is 2.66. The summed E-state index contributed by atoms with van der Waals surface area (Å²) in [6.07, 6.45) is -4.96. The number of nitrogens with one attached hydrogen (secondary N) is 2. The van der Waals surface area contributed by atoms with Gasteiger partial charge in [0.05, 0.1) is 5.56 Å². The van der Waals surface area contributed by atoms with Gasteiger partial charge in [-0.25, -0.2) is 0 Å². The van der Waals surface area contributed by atoms with Crippen LogP contribution in [0.3, 0.4) is 0 Å². The van der Waals surface area contributed by atoms with Crippen LogP contribution in [0.5, 0.6) is 0 Å². The van der Waals surface area contributed by atoms with E-state index in [4.69, 9.17) is 23.2 Å². The predicted molar refractivity (Wildman–Crippen MR) is 118 cm³/mol. The maximum atomic E-state index is 13.1. The first-order valence-electron chi connectivity index (χ1n) is 9.09. The number of halogens is 6. The van der Waals surface area contributed by atoms with Gasteiger partial charge in [-0.3, -0.25) is 4.79 Å². The highest BCUT2D eigenvalue weighted by molar-refractivity contribution is 6.34. The Balaban J connectivity index is 0.00000320. The maximum absolute atomic E-state index is 13.1. The van der Waals surface area contributed by atoms with Gasteiger partial charge in [0, 0.05) is 53.6 Å². The van der Waals surface area contributed by atoms with Gasteiger partial charge in [0.15, 0.2) is 0 Å². The molecule has 4 nitrogen and oxygen atoms in total. The van der Waals surface area contributed by atoms with Crippen molar-refractivity contribution in [2.75, 3.05) is 36.4 Å². The number of benzene rings is 2. The van der Waals surface area contributed by atoms with Gasteiger partial charge in [0.2, 0.25) is 0 Å². The van der Waals surface area contributed by atoms with Crippen molar-refractivity contribution in [3.05, 3.63) is 57.6 Å². The third kappa shape index (κ3) is 5.94. The van der Waals surface area contributed by atoms with Crippen LogP contribution in [0.4, 0.5) is 24.5 Å². The van der Waals surface area contributed by atoms with E-state index in [-0.39, 0.29) is 18.1 Å². The number of anilines is 2. The lowest BCUT2D eigenvalue weighted by Gasteiger charge is -2.30. The summed E-state index contributed by atoms with van der Waals surface area (Å²) in [6.45, 7) is 4.78. The lowest BCUT2D eigenvalue weighted by atomic mass is 10.0. The zero-order valence-electron chi connectivity index (χ0n) is 16.0. The molecule has 30 heavy (non-hydrogen) atoms. The summed E-state index contributed by atoms with van der Waals surface area (Å²) in [7, 11) is 0. The number of rotatable bonds is 5. The SMILES string of the molecule is CC(Nc1cc(N2CCNCC2)ccc1C(=O)C(F)(F)F)c1cc(Cl)cc(Cl)c1.Cl. The van der Waals surface area contributed by atoms with Crippen molar-refractivity contribution < 1.29 is 18.0 Å². The third-order valence-electron chi connectivity index (χ3n) is 4.74. The van der Waals surface area contributed by atoms with Crippen LogP contribution in [0.15, 0.2) is 36.4 Å². The molecule has 0 spiro atoms. The Morgan fingerprint density at radius 2 is 1.70 bits per heavy atom. The Kier molecular flexibility index (Phi) is 8.27. The summed E-state index contributed by atoms with van der Waals surface area (Å²) in [5, 5.41) is 7.10. The van der Waals surface area contributed by atoms with Crippen molar-refractivity contribution in [2.45, 2.75) is 19.1 Å². The van der Waals surface area contributed by atoms with E-state index in [1.165, 1.54) is 6.07 Å². The highest BCUT2D eigenvalue weighted by Crippen LogP contribution is 2.33. The van der Waals surface area contributed by atoms with Crippen molar-refractivity contribution in [3.8, 4) is 0 Å². The number of alkyl halides is 3. The second-order valence-electron chi connectivity index (χ2n) is 6.86. The summed E-state index contributed by atoms with van der Waals surface area (Å²) >= 11 is 12.1. The molecule has 164 valence electrons. The molecule has 0 saturated carbocycles. The highest BCUT2D eigenvalue weighted by Gasteiger charge is 2.40. The van der Waals surface area contributed by atoms with Gasteiger partial charge in [-0.1, -0.05) is 23.2 Å². The molecule has 1 fully saturated rings. The smallest absolute Gasteiger partial charge is 0.378 e. The molecular formula is C20H21Cl3F3N3O. The number of carbonyl (C=O) groups is 1. The van der Waals surface area contributed by atoms with E-state index < -0.39 is 23.6 Å². The number of piperazine rings is 1. The van der Waals surface area contributed by atoms with Crippen LogP contribution >= 0.6 is 35.6 Å². The molecule has 1 aliphatic heterocycles. The fourth-order valence-corrected chi connectivity index (χ4v) is 3.81. The molecule has 1 aliphatic rings. The van der Waals surface area contributed by atoms with E-state index in [0.717, 1.165) is 31.9 Å². The number of Topliss-reactive ketones (excluding diaryl/α,β-unsaturated/α-hetero) is 1. The number of ketones is 1. The van der Waals surface area contributed by atoms with E-state index in [1.54, 1.807) is 37.3 Å². The van der Waals surface area contributed by atoms with E-state index in [2.05, 4.69) is 15.5 Å². The topological polar surface area (TPSA) is 44.4 Å². The van der Waals surface area contributed by atoms with Crippen LogP contribution in [-0.2, 0) is 0 Å². The van der Waals surface area contributed by atoms with Crippen molar-refractivity contribution in [2.24, 2.45) is 0 Å². The minimum Gasteiger partial charge on any atom is -0.378 e. The summed E-state index contributed by atoms with van der Waals surface area (Å²) in [5.41, 5.74) is 1.15. The lowest BCUT2D eigenvalue weighted by Crippen LogP contribution is -2.43. The van der Waals surface area contributed by atoms with E-state index in [9.17, 15) is 18.0 Å². The molecule has 2 aromatic rings. The Morgan fingerprint density at radius 3 is 2.27 bits per heavy atom. The largest absolute Gasteiger partial charge is 0.454 e. The van der Waals surface area contributed by atoms with Gasteiger partial charge < -0.3 is 15.5 Å². The molecule has 0 aliphatic carbocycles. The molecule has 1 unspecified atom stereocenters. The monoisotopic (exact) mass is 481 g/mol. The molecule has 1 atom stereocenters. The third-order valence-corrected chi connectivity index (χ3v) is 5.18. The zero-order valence-corrected chi connectivity index (χ0v) is 18.4. The van der Waals surface area contributed by atoms with Crippen molar-refractivity contribution in [1.82, 2.24) is 5.32 Å². The predicted octanol–water partition coefficient (Wildman–Crippen LogP) is 5.74. The minimum atomic E-state index is -4.96. The lowest BCUT2D eigenvalue weighted by molar-refractivity contribution is -0.0884. The Bertz CT molecular complexity index is 882. The minimum absolute atomic E-state index is 0. The molecule has 1 saturated heterocycles. The Labute approximate surface area is 189 Å². The van der Waals surface area contributed by atoms with Gasteiger partial charge >= 0.3 is 6.18 Å². The molecule has 2 aromatic carbocycles. The van der Waals surface area contributed by atoms with Crippen LogP contribution in [-0.4, -0.2) is 38.1 Å². The first-order chi connectivity index (χ1) is 13.6. The fourth-order valence-electron chi connectivity index (χ4n) is 3.26. The van der Waals surface area contributed by atoms with Gasteiger partial charge in [0.1, 0.15) is 0 Å². The van der Waals surface area contributed by atoms with Crippen molar-refractivity contribution >= 4 is 52.8 Å². The number of carbonyl (C=O) groups excluding carboxylic acids is 1. The summed E-state index contributed by atoms with van der Waals surface area (Å²) in [5.74, 6) is -1.89. The quantitative estimate of drug-likeness (QED) is 0.533. The van der Waals surface area contributed by atoms with Gasteiger partial charge in [0.25, 0.3) is 5.78 Å². The molecule has 3 rings (SSSR count). The van der Waals surface area contributed by atoms with Gasteiger partial charge in [-0.05, 0) is 48.9 Å². The van der Waals surface area contributed by atoms with Gasteiger partial charge in [-0.2, -0.15) is 13.2 Å². The number of nitrogens with zero attached hydrogens (tertiary/aromatic N) is 1. The first-order valence-corrected chi connectivity index (χ1v) is 9.84. The first kappa shape index (κ1) is 24.6. The molecule has 2 N–H and O–H groups in total. The van der Waals surface area contributed by atoms with E-state index >= 15 is 0 Å². The number of hydrogen-bond acceptors (Lipinski definition) is 4. The normalized spacial score (nSPS) is 15.3. The molecule has 10 heteroatoms. The maximum Gasteiger partial charge on any atom is 0.454 e. The molecule has 0 aromatic heterocycles. The molecular weight excluding hydrogens is 462 g/mol. The van der Waals surface area contributed by atoms with Gasteiger partial charge in [-0.15, -0.1) is 12.4 Å². The standard InChI is InChI=1S/C20H20Cl2F3N3O.ClH/c1-12(13-8-14(21)10-15(22)9-13)27-18-11-16(28-6-4-26-5-7-28)2-3-17(18)19(29)20(23,24)25;/h2-3,8-12,26-27H,4-7H2,1H3;1H. The van der Waals surface area contributed by atoms with Crippen molar-refractivity contribution in [1.29, 1.82) is 0 Å². The van der Waals surface area contributed by atoms with Crippen molar-refractivity contribution in [3.63, 3.8) is 0 Å². The van der Waals surface area contributed by atoms with Crippen LogP contribution < -0.4 is 15.5 Å². The summed E-state index contributed by atoms with van der Waals surface area (Å²) < 4.78 is 39.3. The molecule has 0 radical (unpaired) electrons. The number of hydrogen-bond donors (Lipinski definition) is 2. The summed E-state index contributed by atoms with van der Waals surface area (Å²) in [6, 6.07) is 8.87. The summed E-state index contributed by atoms with van der Waals surface area (Å²) in [4.78, 5) is 14.0. The molecule has 0 amide bonds. The average molecular weight is 483 g/mol. The Hall–Kier alpha value is -1.67.